The Bertz CT molecular complexity index is 305. The molecule has 0 bridgehead atoms. The highest BCUT2D eigenvalue weighted by Crippen LogP contribution is 2.39. The summed E-state index contributed by atoms with van der Waals surface area (Å²) in [6.07, 6.45) is 5.94. The fourth-order valence-corrected chi connectivity index (χ4v) is 2.61. The summed E-state index contributed by atoms with van der Waals surface area (Å²) in [4.78, 5) is 22.7. The van der Waals surface area contributed by atoms with Gasteiger partial charge in [-0.15, -0.1) is 0 Å². The minimum Gasteiger partial charge on any atom is -0.481 e. The van der Waals surface area contributed by atoms with Crippen LogP contribution >= 0.6 is 0 Å². The third-order valence-corrected chi connectivity index (χ3v) is 4.24. The molecule has 0 saturated heterocycles. The molecular formula is C14H24O4. The zero-order valence-corrected chi connectivity index (χ0v) is 11.6. The number of carbonyl (C=O) groups excluding carboxylic acids is 1. The first-order chi connectivity index (χ1) is 8.43. The van der Waals surface area contributed by atoms with E-state index in [9.17, 15) is 9.59 Å². The molecule has 0 spiro atoms. The van der Waals surface area contributed by atoms with Crippen molar-refractivity contribution >= 4 is 11.9 Å². The molecule has 1 fully saturated rings. The van der Waals surface area contributed by atoms with Gasteiger partial charge in [0.15, 0.2) is 5.92 Å². The Hall–Kier alpha value is -1.06. The fraction of sp³-hybridized carbons (Fsp3) is 0.857. The number of hydrogen-bond acceptors (Lipinski definition) is 3. The summed E-state index contributed by atoms with van der Waals surface area (Å²) in [6, 6.07) is 0. The van der Waals surface area contributed by atoms with Crippen LogP contribution in [0.15, 0.2) is 0 Å². The first-order valence-corrected chi connectivity index (χ1v) is 6.88. The van der Waals surface area contributed by atoms with E-state index in [4.69, 9.17) is 9.84 Å². The largest absolute Gasteiger partial charge is 0.481 e. The van der Waals surface area contributed by atoms with Crippen molar-refractivity contribution in [3.05, 3.63) is 0 Å². The maximum absolute atomic E-state index is 11.9. The molecule has 0 amide bonds. The fourth-order valence-electron chi connectivity index (χ4n) is 2.61. The molecular weight excluding hydrogens is 232 g/mol. The average Bonchev–Trinajstić information content (AvgIpc) is 2.37. The van der Waals surface area contributed by atoms with Crippen LogP contribution in [0.25, 0.3) is 0 Å². The number of carboxylic acids is 1. The van der Waals surface area contributed by atoms with Gasteiger partial charge in [-0.05, 0) is 44.9 Å². The van der Waals surface area contributed by atoms with Crippen LogP contribution in [-0.2, 0) is 14.3 Å². The van der Waals surface area contributed by atoms with Crippen LogP contribution in [0.5, 0.6) is 0 Å². The Labute approximate surface area is 109 Å². The number of hydrogen-bond donors (Lipinski definition) is 1. The number of ether oxygens (including phenoxy) is 1. The highest BCUT2D eigenvalue weighted by atomic mass is 16.6. The summed E-state index contributed by atoms with van der Waals surface area (Å²) in [7, 11) is 0. The van der Waals surface area contributed by atoms with Crippen LogP contribution in [0.4, 0.5) is 0 Å². The smallest absolute Gasteiger partial charge is 0.320 e. The van der Waals surface area contributed by atoms with Gasteiger partial charge in [-0.1, -0.05) is 20.3 Å². The van der Waals surface area contributed by atoms with Crippen LogP contribution in [0.1, 0.15) is 59.3 Å². The molecule has 0 aromatic heterocycles. The molecule has 2 atom stereocenters. The van der Waals surface area contributed by atoms with E-state index in [1.165, 1.54) is 13.3 Å². The topological polar surface area (TPSA) is 63.6 Å². The molecule has 18 heavy (non-hydrogen) atoms. The second-order valence-electron chi connectivity index (χ2n) is 5.42. The third-order valence-electron chi connectivity index (χ3n) is 4.24. The van der Waals surface area contributed by atoms with Gasteiger partial charge in [-0.2, -0.15) is 0 Å². The van der Waals surface area contributed by atoms with E-state index < -0.39 is 23.5 Å². The van der Waals surface area contributed by atoms with Gasteiger partial charge < -0.3 is 9.84 Å². The van der Waals surface area contributed by atoms with Crippen LogP contribution in [0.3, 0.4) is 0 Å². The Morgan fingerprint density at radius 3 is 2.22 bits per heavy atom. The lowest BCUT2D eigenvalue weighted by Crippen LogP contribution is -2.45. The van der Waals surface area contributed by atoms with Gasteiger partial charge in [0.2, 0.25) is 0 Å². The Balaban J connectivity index is 2.78. The van der Waals surface area contributed by atoms with Crippen molar-refractivity contribution in [2.45, 2.75) is 64.9 Å². The van der Waals surface area contributed by atoms with Crippen molar-refractivity contribution in [2.24, 2.45) is 11.8 Å². The first kappa shape index (κ1) is 15.0. The highest BCUT2D eigenvalue weighted by Gasteiger charge is 2.41. The summed E-state index contributed by atoms with van der Waals surface area (Å²) in [5, 5.41) is 8.86. The SMILES string of the molecule is CCC(C)C1(OC(=O)C(C)C(=O)O)CCCCC1. The number of aliphatic carboxylic acids is 1. The molecule has 2 unspecified atom stereocenters. The minimum absolute atomic E-state index is 0.280. The monoisotopic (exact) mass is 256 g/mol. The van der Waals surface area contributed by atoms with Gasteiger partial charge >= 0.3 is 11.9 Å². The molecule has 0 aromatic rings. The van der Waals surface area contributed by atoms with Crippen LogP contribution in [0.2, 0.25) is 0 Å². The predicted molar refractivity (Wildman–Crippen MR) is 68.2 cm³/mol. The van der Waals surface area contributed by atoms with Crippen LogP contribution in [-0.4, -0.2) is 22.6 Å². The summed E-state index contributed by atoms with van der Waals surface area (Å²) in [6.45, 7) is 5.55. The average molecular weight is 256 g/mol. The number of esters is 1. The predicted octanol–water partition coefficient (Wildman–Crippen LogP) is 3.00. The Morgan fingerprint density at radius 1 is 1.22 bits per heavy atom. The van der Waals surface area contributed by atoms with Gasteiger partial charge in [0.1, 0.15) is 5.60 Å². The number of carbonyl (C=O) groups is 2. The van der Waals surface area contributed by atoms with E-state index >= 15 is 0 Å². The molecule has 0 radical (unpaired) electrons. The van der Waals surface area contributed by atoms with E-state index in [-0.39, 0.29) is 5.92 Å². The van der Waals surface area contributed by atoms with E-state index in [0.29, 0.717) is 0 Å². The summed E-state index contributed by atoms with van der Waals surface area (Å²) >= 11 is 0. The van der Waals surface area contributed by atoms with Crippen molar-refractivity contribution in [3.63, 3.8) is 0 Å². The van der Waals surface area contributed by atoms with Gasteiger partial charge in [0, 0.05) is 0 Å². The second kappa shape index (κ2) is 6.21. The van der Waals surface area contributed by atoms with E-state index in [1.807, 2.05) is 0 Å². The van der Waals surface area contributed by atoms with Crippen molar-refractivity contribution in [1.29, 1.82) is 0 Å². The van der Waals surface area contributed by atoms with Crippen LogP contribution < -0.4 is 0 Å². The second-order valence-corrected chi connectivity index (χ2v) is 5.42. The standard InChI is InChI=1S/C14H24O4/c1-4-10(2)14(8-6-5-7-9-14)18-13(17)11(3)12(15)16/h10-11H,4-9H2,1-3H3,(H,15,16). The number of carboxylic acid groups (broad SMARTS) is 1. The van der Waals surface area contributed by atoms with Crippen molar-refractivity contribution < 1.29 is 19.4 Å². The van der Waals surface area contributed by atoms with Crippen molar-refractivity contribution in [3.8, 4) is 0 Å². The molecule has 4 nitrogen and oxygen atoms in total. The lowest BCUT2D eigenvalue weighted by molar-refractivity contribution is -0.179. The Kier molecular flexibility index (Phi) is 5.17. The van der Waals surface area contributed by atoms with Crippen molar-refractivity contribution in [1.82, 2.24) is 0 Å². The highest BCUT2D eigenvalue weighted by molar-refractivity contribution is 5.93. The molecule has 1 aliphatic carbocycles. The zero-order valence-electron chi connectivity index (χ0n) is 11.6. The van der Waals surface area contributed by atoms with Gasteiger partial charge in [0.25, 0.3) is 0 Å². The quantitative estimate of drug-likeness (QED) is 0.606. The molecule has 104 valence electrons. The van der Waals surface area contributed by atoms with Crippen LogP contribution in [0, 0.1) is 11.8 Å². The van der Waals surface area contributed by atoms with E-state index in [0.717, 1.165) is 32.1 Å². The van der Waals surface area contributed by atoms with Gasteiger partial charge in [-0.3, -0.25) is 9.59 Å². The van der Waals surface area contributed by atoms with Gasteiger partial charge in [-0.25, -0.2) is 0 Å². The van der Waals surface area contributed by atoms with E-state index in [1.54, 1.807) is 0 Å². The lowest BCUT2D eigenvalue weighted by Gasteiger charge is -2.41. The molecule has 1 aliphatic rings. The maximum Gasteiger partial charge on any atom is 0.320 e. The van der Waals surface area contributed by atoms with Crippen molar-refractivity contribution in [2.75, 3.05) is 0 Å². The van der Waals surface area contributed by atoms with E-state index in [2.05, 4.69) is 13.8 Å². The molecule has 1 saturated carbocycles. The summed E-state index contributed by atoms with van der Waals surface area (Å²) in [5.41, 5.74) is -0.437. The third kappa shape index (κ3) is 3.24. The molecule has 4 heteroatoms. The summed E-state index contributed by atoms with van der Waals surface area (Å²) in [5.74, 6) is -2.50. The maximum atomic E-state index is 11.9. The molecule has 1 N–H and O–H groups in total. The normalized spacial score (nSPS) is 21.9. The minimum atomic E-state index is -1.12. The lowest BCUT2D eigenvalue weighted by atomic mass is 9.75. The molecule has 0 aromatic carbocycles. The molecule has 0 heterocycles. The summed E-state index contributed by atoms with van der Waals surface area (Å²) < 4.78 is 5.63. The number of rotatable bonds is 5. The van der Waals surface area contributed by atoms with Gasteiger partial charge in [0.05, 0.1) is 0 Å². The Morgan fingerprint density at radius 2 is 1.78 bits per heavy atom. The zero-order chi connectivity index (χ0) is 13.8. The molecule has 0 aliphatic heterocycles. The molecule has 1 rings (SSSR count). The first-order valence-electron chi connectivity index (χ1n) is 6.88.